The maximum atomic E-state index is 13.0. The van der Waals surface area contributed by atoms with E-state index in [1.54, 1.807) is 12.1 Å². The fourth-order valence-corrected chi connectivity index (χ4v) is 4.09. The van der Waals surface area contributed by atoms with Crippen LogP contribution in [0, 0.1) is 11.2 Å². The molecule has 3 rings (SSSR count). The molecule has 0 unspecified atom stereocenters. The molecule has 5 nitrogen and oxygen atoms in total. The molecular weight excluding hydrogens is 335 g/mol. The summed E-state index contributed by atoms with van der Waals surface area (Å²) in [6, 6.07) is 6.08. The van der Waals surface area contributed by atoms with Crippen molar-refractivity contribution in [2.24, 2.45) is 5.41 Å². The highest BCUT2D eigenvalue weighted by atomic mass is 19.1. The van der Waals surface area contributed by atoms with Crippen LogP contribution in [0.25, 0.3) is 0 Å². The Bertz CT molecular complexity index is 639. The summed E-state index contributed by atoms with van der Waals surface area (Å²) in [6.07, 6.45) is 4.19. The van der Waals surface area contributed by atoms with Gasteiger partial charge in [-0.05, 0) is 48.8 Å². The van der Waals surface area contributed by atoms with Gasteiger partial charge in [-0.25, -0.2) is 4.39 Å². The fraction of sp³-hybridized carbons (Fsp3) is 0.600. The zero-order chi connectivity index (χ0) is 18.6. The number of halogens is 1. The lowest BCUT2D eigenvalue weighted by Crippen LogP contribution is -2.52. The summed E-state index contributed by atoms with van der Waals surface area (Å²) in [5.41, 5.74) is 0.936. The zero-order valence-electron chi connectivity index (χ0n) is 15.1. The van der Waals surface area contributed by atoms with E-state index < -0.39 is 0 Å². The van der Waals surface area contributed by atoms with Crippen molar-refractivity contribution in [3.63, 3.8) is 0 Å². The normalized spacial score (nSPS) is 19.8. The van der Waals surface area contributed by atoms with Gasteiger partial charge in [-0.3, -0.25) is 9.59 Å². The third kappa shape index (κ3) is 4.41. The van der Waals surface area contributed by atoms with Crippen molar-refractivity contribution in [1.29, 1.82) is 0 Å². The quantitative estimate of drug-likeness (QED) is 0.871. The van der Waals surface area contributed by atoms with Crippen molar-refractivity contribution in [3.8, 4) is 0 Å². The van der Waals surface area contributed by atoms with E-state index in [1.165, 1.54) is 12.1 Å². The van der Waals surface area contributed by atoms with Gasteiger partial charge < -0.3 is 14.9 Å². The smallest absolute Gasteiger partial charge is 0.226 e. The van der Waals surface area contributed by atoms with Crippen molar-refractivity contribution in [1.82, 2.24) is 9.80 Å². The second-order valence-corrected chi connectivity index (χ2v) is 7.58. The van der Waals surface area contributed by atoms with Gasteiger partial charge in [0.15, 0.2) is 0 Å². The first kappa shape index (κ1) is 18.8. The molecule has 0 atom stereocenters. The van der Waals surface area contributed by atoms with Crippen molar-refractivity contribution in [3.05, 3.63) is 35.6 Å². The largest absolute Gasteiger partial charge is 0.396 e. The molecule has 2 heterocycles. The Kier molecular flexibility index (Phi) is 5.91. The minimum Gasteiger partial charge on any atom is -0.396 e. The van der Waals surface area contributed by atoms with Crippen LogP contribution in [-0.4, -0.2) is 59.5 Å². The highest BCUT2D eigenvalue weighted by Crippen LogP contribution is 2.40. The molecule has 2 amide bonds. The third-order valence-electron chi connectivity index (χ3n) is 5.78. The van der Waals surface area contributed by atoms with Gasteiger partial charge in [0.25, 0.3) is 0 Å². The van der Waals surface area contributed by atoms with Crippen LogP contribution in [-0.2, 0) is 16.0 Å². The second-order valence-electron chi connectivity index (χ2n) is 7.58. The van der Waals surface area contributed by atoms with Crippen molar-refractivity contribution in [2.75, 3.05) is 32.8 Å². The molecule has 0 bridgehead atoms. The SMILES string of the molecule is O=C(Cc1ccc(F)cc1)N1CCC2(CCC(=O)N(CCCO)C2)CC1. The van der Waals surface area contributed by atoms with E-state index in [9.17, 15) is 14.0 Å². The lowest BCUT2D eigenvalue weighted by atomic mass is 9.72. The van der Waals surface area contributed by atoms with Gasteiger partial charge >= 0.3 is 0 Å². The monoisotopic (exact) mass is 362 g/mol. The number of aliphatic hydroxyl groups excluding tert-OH is 1. The van der Waals surface area contributed by atoms with Crippen LogP contribution in [0.15, 0.2) is 24.3 Å². The maximum absolute atomic E-state index is 13.0. The van der Waals surface area contributed by atoms with E-state index in [4.69, 9.17) is 5.11 Å². The van der Waals surface area contributed by atoms with Gasteiger partial charge in [-0.1, -0.05) is 12.1 Å². The minimum atomic E-state index is -0.293. The molecule has 1 spiro atoms. The van der Waals surface area contributed by atoms with Gasteiger partial charge in [0, 0.05) is 39.2 Å². The molecule has 1 N–H and O–H groups in total. The predicted molar refractivity (Wildman–Crippen MR) is 95.9 cm³/mol. The van der Waals surface area contributed by atoms with E-state index in [2.05, 4.69) is 0 Å². The lowest BCUT2D eigenvalue weighted by Gasteiger charge is -2.47. The number of hydrogen-bond donors (Lipinski definition) is 1. The van der Waals surface area contributed by atoms with Crippen LogP contribution in [0.5, 0.6) is 0 Å². The first-order valence-electron chi connectivity index (χ1n) is 9.42. The van der Waals surface area contributed by atoms with Gasteiger partial charge in [0.05, 0.1) is 6.42 Å². The molecule has 0 radical (unpaired) electrons. The topological polar surface area (TPSA) is 60.9 Å². The van der Waals surface area contributed by atoms with E-state index in [0.29, 0.717) is 38.9 Å². The molecule has 1 aromatic rings. The molecule has 2 fully saturated rings. The first-order chi connectivity index (χ1) is 12.5. The number of hydrogen-bond acceptors (Lipinski definition) is 3. The molecule has 6 heteroatoms. The standard InChI is InChI=1S/C20H27FN2O3/c21-17-4-2-16(3-5-17)14-19(26)22-11-8-20(9-12-22)7-6-18(25)23(15-20)10-1-13-24/h2-5,24H,1,6-15H2. The Morgan fingerprint density at radius 3 is 2.50 bits per heavy atom. The average molecular weight is 362 g/mol. The van der Waals surface area contributed by atoms with Crippen LogP contribution in [0.2, 0.25) is 0 Å². The number of aliphatic hydroxyl groups is 1. The molecule has 142 valence electrons. The number of rotatable bonds is 5. The summed E-state index contributed by atoms with van der Waals surface area (Å²) in [5.74, 6) is -0.0342. The van der Waals surface area contributed by atoms with Gasteiger partial charge in [-0.15, -0.1) is 0 Å². The fourth-order valence-electron chi connectivity index (χ4n) is 4.09. The number of amides is 2. The van der Waals surface area contributed by atoms with E-state index in [-0.39, 0.29) is 29.7 Å². The van der Waals surface area contributed by atoms with Gasteiger partial charge in [0.2, 0.25) is 11.8 Å². The van der Waals surface area contributed by atoms with E-state index in [0.717, 1.165) is 31.4 Å². The number of nitrogens with zero attached hydrogens (tertiary/aromatic N) is 2. The Labute approximate surface area is 153 Å². The van der Waals surface area contributed by atoms with Crippen molar-refractivity contribution < 1.29 is 19.1 Å². The molecular formula is C20H27FN2O3. The number of piperidine rings is 2. The molecule has 2 aliphatic heterocycles. The number of likely N-dealkylation sites (tertiary alicyclic amines) is 2. The molecule has 0 saturated carbocycles. The second kappa shape index (κ2) is 8.16. The van der Waals surface area contributed by atoms with Gasteiger partial charge in [0.1, 0.15) is 5.82 Å². The van der Waals surface area contributed by atoms with Crippen LogP contribution < -0.4 is 0 Å². The highest BCUT2D eigenvalue weighted by Gasteiger charge is 2.41. The number of carbonyl (C=O) groups is 2. The molecule has 26 heavy (non-hydrogen) atoms. The third-order valence-corrected chi connectivity index (χ3v) is 5.78. The highest BCUT2D eigenvalue weighted by molar-refractivity contribution is 5.79. The molecule has 0 aromatic heterocycles. The van der Waals surface area contributed by atoms with Gasteiger partial charge in [-0.2, -0.15) is 0 Å². The van der Waals surface area contributed by atoms with E-state index in [1.807, 2.05) is 9.80 Å². The summed E-state index contributed by atoms with van der Waals surface area (Å²) in [5, 5.41) is 9.01. The van der Waals surface area contributed by atoms with Crippen LogP contribution >= 0.6 is 0 Å². The van der Waals surface area contributed by atoms with Crippen molar-refractivity contribution in [2.45, 2.75) is 38.5 Å². The summed E-state index contributed by atoms with van der Waals surface area (Å²) in [7, 11) is 0. The number of benzene rings is 1. The average Bonchev–Trinajstić information content (AvgIpc) is 2.65. The van der Waals surface area contributed by atoms with Crippen LogP contribution in [0.3, 0.4) is 0 Å². The maximum Gasteiger partial charge on any atom is 0.226 e. The Balaban J connectivity index is 1.53. The summed E-state index contributed by atoms with van der Waals surface area (Å²) < 4.78 is 13.0. The van der Waals surface area contributed by atoms with Crippen molar-refractivity contribution >= 4 is 11.8 Å². The molecule has 2 saturated heterocycles. The molecule has 0 aliphatic carbocycles. The Hall–Kier alpha value is -1.95. The minimum absolute atomic E-state index is 0.0791. The first-order valence-corrected chi connectivity index (χ1v) is 9.42. The predicted octanol–water partition coefficient (Wildman–Crippen LogP) is 1.98. The Morgan fingerprint density at radius 1 is 1.15 bits per heavy atom. The van der Waals surface area contributed by atoms with Crippen LogP contribution in [0.1, 0.15) is 37.7 Å². The zero-order valence-corrected chi connectivity index (χ0v) is 15.1. The summed E-state index contributed by atoms with van der Waals surface area (Å²) in [6.45, 7) is 2.88. The van der Waals surface area contributed by atoms with Crippen LogP contribution in [0.4, 0.5) is 4.39 Å². The number of carbonyl (C=O) groups excluding carboxylic acids is 2. The van der Waals surface area contributed by atoms with E-state index >= 15 is 0 Å². The summed E-state index contributed by atoms with van der Waals surface area (Å²) >= 11 is 0. The molecule has 1 aromatic carbocycles. The summed E-state index contributed by atoms with van der Waals surface area (Å²) in [4.78, 5) is 28.4. The Morgan fingerprint density at radius 2 is 1.85 bits per heavy atom. The molecule has 2 aliphatic rings. The lowest BCUT2D eigenvalue weighted by molar-refractivity contribution is -0.142.